The van der Waals surface area contributed by atoms with Gasteiger partial charge in [0.1, 0.15) is 5.75 Å². The van der Waals surface area contributed by atoms with Crippen LogP contribution >= 0.6 is 0 Å². The van der Waals surface area contributed by atoms with Crippen LogP contribution < -0.4 is 9.47 Å². The number of nitrogens with zero attached hydrogens (tertiary/aromatic N) is 1. The predicted molar refractivity (Wildman–Crippen MR) is 75.4 cm³/mol. The van der Waals surface area contributed by atoms with Crippen molar-refractivity contribution < 1.29 is 19.2 Å². The molecule has 0 aliphatic carbocycles. The largest absolute Gasteiger partial charge is 0.475 e. The van der Waals surface area contributed by atoms with Crippen molar-refractivity contribution in [3.63, 3.8) is 0 Å². The minimum Gasteiger partial charge on any atom is -0.475 e. The van der Waals surface area contributed by atoms with Gasteiger partial charge in [-0.1, -0.05) is 24.3 Å². The summed E-state index contributed by atoms with van der Waals surface area (Å²) in [5, 5.41) is 10.8. The van der Waals surface area contributed by atoms with Crippen molar-refractivity contribution in [1.29, 1.82) is 0 Å². The van der Waals surface area contributed by atoms with Crippen molar-refractivity contribution >= 4 is 11.7 Å². The van der Waals surface area contributed by atoms with Gasteiger partial charge in [0, 0.05) is 6.07 Å². The Morgan fingerprint density at radius 3 is 2.67 bits per heavy atom. The number of nitro groups is 1. The van der Waals surface area contributed by atoms with Crippen LogP contribution in [0.3, 0.4) is 0 Å². The molecule has 0 fully saturated rings. The predicted octanol–water partition coefficient (Wildman–Crippen LogP) is 2.89. The Hall–Kier alpha value is -2.89. The summed E-state index contributed by atoms with van der Waals surface area (Å²) < 4.78 is 10.2. The molecule has 0 amide bonds. The van der Waals surface area contributed by atoms with Crippen molar-refractivity contribution in [3.8, 4) is 11.5 Å². The van der Waals surface area contributed by atoms with Gasteiger partial charge in [-0.15, -0.1) is 0 Å². The van der Waals surface area contributed by atoms with E-state index >= 15 is 0 Å². The molecule has 21 heavy (non-hydrogen) atoms. The van der Waals surface area contributed by atoms with Crippen LogP contribution in [0.4, 0.5) is 5.69 Å². The number of benzene rings is 2. The summed E-state index contributed by atoms with van der Waals surface area (Å²) >= 11 is 0. The minimum atomic E-state index is -0.626. The lowest BCUT2D eigenvalue weighted by Crippen LogP contribution is -2.18. The fourth-order valence-corrected chi connectivity index (χ4v) is 1.71. The smallest absolute Gasteiger partial charge is 0.349 e. The zero-order chi connectivity index (χ0) is 15.2. The number of para-hydroxylation sites is 2. The average molecular weight is 287 g/mol. The second-order valence-corrected chi connectivity index (χ2v) is 4.30. The van der Waals surface area contributed by atoms with Crippen molar-refractivity contribution in [1.82, 2.24) is 0 Å². The number of aryl methyl sites for hydroxylation is 1. The molecule has 2 aromatic carbocycles. The third kappa shape index (κ3) is 4.04. The first kappa shape index (κ1) is 14.5. The highest BCUT2D eigenvalue weighted by molar-refractivity contribution is 5.74. The maximum atomic E-state index is 11.7. The molecule has 2 aromatic rings. The lowest BCUT2D eigenvalue weighted by Gasteiger charge is -2.07. The highest BCUT2D eigenvalue weighted by Crippen LogP contribution is 2.25. The van der Waals surface area contributed by atoms with Gasteiger partial charge < -0.3 is 9.47 Å². The Morgan fingerprint density at radius 1 is 1.19 bits per heavy atom. The van der Waals surface area contributed by atoms with Gasteiger partial charge in [-0.3, -0.25) is 10.1 Å². The molecule has 0 atom stereocenters. The van der Waals surface area contributed by atoms with Gasteiger partial charge in [0.15, 0.2) is 12.4 Å². The Kier molecular flexibility index (Phi) is 4.50. The number of hydrogen-bond donors (Lipinski definition) is 0. The van der Waals surface area contributed by atoms with E-state index < -0.39 is 17.5 Å². The third-order valence-corrected chi connectivity index (χ3v) is 2.63. The number of esters is 1. The lowest BCUT2D eigenvalue weighted by molar-refractivity contribution is -0.385. The molecule has 0 radical (unpaired) electrons. The Morgan fingerprint density at radius 2 is 1.95 bits per heavy atom. The first-order chi connectivity index (χ1) is 10.1. The fourth-order valence-electron chi connectivity index (χ4n) is 1.71. The van der Waals surface area contributed by atoms with Gasteiger partial charge in [0.25, 0.3) is 0 Å². The number of ether oxygens (including phenoxy) is 2. The molecule has 0 spiro atoms. The molecule has 0 heterocycles. The Balaban J connectivity index is 1.97. The molecule has 0 unspecified atom stereocenters. The van der Waals surface area contributed by atoms with Crippen LogP contribution in [0.15, 0.2) is 48.5 Å². The van der Waals surface area contributed by atoms with Crippen LogP contribution in [-0.4, -0.2) is 17.5 Å². The van der Waals surface area contributed by atoms with Gasteiger partial charge in [-0.05, 0) is 30.7 Å². The van der Waals surface area contributed by atoms with E-state index in [9.17, 15) is 14.9 Å². The molecule has 0 saturated carbocycles. The topological polar surface area (TPSA) is 78.7 Å². The van der Waals surface area contributed by atoms with Crippen LogP contribution in [0.1, 0.15) is 5.56 Å². The normalized spacial score (nSPS) is 9.95. The molecular weight excluding hydrogens is 274 g/mol. The van der Waals surface area contributed by atoms with Gasteiger partial charge in [0.05, 0.1) is 4.92 Å². The van der Waals surface area contributed by atoms with Gasteiger partial charge in [0.2, 0.25) is 0 Å². The van der Waals surface area contributed by atoms with Crippen molar-refractivity contribution in [2.45, 2.75) is 6.92 Å². The SMILES string of the molecule is Cc1cccc(OC(=O)COc2ccccc2[N+](=O)[O-])c1. The van der Waals surface area contributed by atoms with E-state index in [4.69, 9.17) is 9.47 Å². The van der Waals surface area contributed by atoms with E-state index in [2.05, 4.69) is 0 Å². The fraction of sp³-hybridized carbons (Fsp3) is 0.133. The summed E-state index contributed by atoms with van der Waals surface area (Å²) in [4.78, 5) is 21.9. The summed E-state index contributed by atoms with van der Waals surface area (Å²) in [7, 11) is 0. The molecule has 0 aliphatic rings. The number of rotatable bonds is 5. The molecule has 6 nitrogen and oxygen atoms in total. The number of carbonyl (C=O) groups excluding carboxylic acids is 1. The minimum absolute atomic E-state index is 0.0312. The first-order valence-electron chi connectivity index (χ1n) is 6.20. The summed E-state index contributed by atoms with van der Waals surface area (Å²) in [5.41, 5.74) is 0.765. The van der Waals surface area contributed by atoms with Crippen LogP contribution in [-0.2, 0) is 4.79 Å². The number of carbonyl (C=O) groups is 1. The molecule has 108 valence electrons. The van der Waals surface area contributed by atoms with E-state index in [-0.39, 0.29) is 11.4 Å². The zero-order valence-corrected chi connectivity index (χ0v) is 11.3. The summed E-state index contributed by atoms with van der Waals surface area (Å²) in [6.45, 7) is 1.47. The molecule has 0 bridgehead atoms. The van der Waals surface area contributed by atoms with E-state index in [0.29, 0.717) is 5.75 Å². The van der Waals surface area contributed by atoms with Crippen molar-refractivity contribution in [2.75, 3.05) is 6.61 Å². The summed E-state index contributed by atoms with van der Waals surface area (Å²) in [6.07, 6.45) is 0. The van der Waals surface area contributed by atoms with E-state index in [1.165, 1.54) is 18.2 Å². The van der Waals surface area contributed by atoms with Crippen LogP contribution in [0.25, 0.3) is 0 Å². The van der Waals surface area contributed by atoms with Crippen molar-refractivity contribution in [3.05, 3.63) is 64.2 Å². The Bertz CT molecular complexity index is 669. The molecule has 6 heteroatoms. The molecule has 0 aliphatic heterocycles. The molecule has 2 rings (SSSR count). The highest BCUT2D eigenvalue weighted by Gasteiger charge is 2.15. The van der Waals surface area contributed by atoms with E-state index in [1.54, 1.807) is 24.3 Å². The molecule has 0 saturated heterocycles. The van der Waals surface area contributed by atoms with Crippen LogP contribution in [0, 0.1) is 17.0 Å². The van der Waals surface area contributed by atoms with Crippen LogP contribution in [0.5, 0.6) is 11.5 Å². The van der Waals surface area contributed by atoms with Gasteiger partial charge >= 0.3 is 11.7 Å². The number of nitro benzene ring substituents is 1. The molecule has 0 N–H and O–H groups in total. The first-order valence-corrected chi connectivity index (χ1v) is 6.20. The molecular formula is C15H13NO5. The van der Waals surface area contributed by atoms with Crippen LogP contribution in [0.2, 0.25) is 0 Å². The molecule has 0 aromatic heterocycles. The Labute approximate surface area is 121 Å². The monoisotopic (exact) mass is 287 g/mol. The lowest BCUT2D eigenvalue weighted by atomic mass is 10.2. The summed E-state index contributed by atoms with van der Waals surface area (Å²) in [6, 6.07) is 12.9. The maximum absolute atomic E-state index is 11.7. The quantitative estimate of drug-likeness (QED) is 0.365. The number of hydrogen-bond acceptors (Lipinski definition) is 5. The van der Waals surface area contributed by atoms with Gasteiger partial charge in [-0.2, -0.15) is 0 Å². The van der Waals surface area contributed by atoms with Gasteiger partial charge in [-0.25, -0.2) is 4.79 Å². The van der Waals surface area contributed by atoms with Crippen molar-refractivity contribution in [2.24, 2.45) is 0 Å². The average Bonchev–Trinajstić information content (AvgIpc) is 2.45. The van der Waals surface area contributed by atoms with E-state index in [0.717, 1.165) is 5.56 Å². The van der Waals surface area contributed by atoms with E-state index in [1.807, 2.05) is 13.0 Å². The zero-order valence-electron chi connectivity index (χ0n) is 11.3. The highest BCUT2D eigenvalue weighted by atomic mass is 16.6. The third-order valence-electron chi connectivity index (χ3n) is 2.63. The second-order valence-electron chi connectivity index (χ2n) is 4.30. The maximum Gasteiger partial charge on any atom is 0.349 e. The standard InChI is InChI=1S/C15H13NO5/c1-11-5-4-6-12(9-11)21-15(17)10-20-14-8-3-2-7-13(14)16(18)19/h2-9H,10H2,1H3. The summed E-state index contributed by atoms with van der Waals surface area (Å²) in [5.74, 6) is -0.186. The second kappa shape index (κ2) is 6.51.